The predicted octanol–water partition coefficient (Wildman–Crippen LogP) is 1.33. The highest BCUT2D eigenvalue weighted by molar-refractivity contribution is 4.87. The van der Waals surface area contributed by atoms with Crippen molar-refractivity contribution in [1.82, 2.24) is 0 Å². The maximum atomic E-state index is 5.21. The van der Waals surface area contributed by atoms with Gasteiger partial charge in [0.1, 0.15) is 6.79 Å². The van der Waals surface area contributed by atoms with E-state index < -0.39 is 0 Å². The summed E-state index contributed by atoms with van der Waals surface area (Å²) in [5.74, 6) is 0. The topological polar surface area (TPSA) is 18.5 Å². The Labute approximate surface area is 55.5 Å². The van der Waals surface area contributed by atoms with Gasteiger partial charge in [0, 0.05) is 6.42 Å². The zero-order valence-electron chi connectivity index (χ0n) is 5.67. The van der Waals surface area contributed by atoms with Crippen LogP contribution in [-0.2, 0) is 9.47 Å². The second-order valence-electron chi connectivity index (χ2n) is 2.05. The van der Waals surface area contributed by atoms with Gasteiger partial charge >= 0.3 is 0 Å². The third-order valence-electron chi connectivity index (χ3n) is 1.32. The molecule has 1 aliphatic heterocycles. The highest BCUT2D eigenvalue weighted by Crippen LogP contribution is 2.06. The van der Waals surface area contributed by atoms with Gasteiger partial charge in [-0.05, 0) is 6.92 Å². The van der Waals surface area contributed by atoms with Crippen molar-refractivity contribution in [1.29, 1.82) is 0 Å². The summed E-state index contributed by atoms with van der Waals surface area (Å²) >= 11 is 0. The molecule has 1 saturated heterocycles. The first-order valence-electron chi connectivity index (χ1n) is 3.25. The molecule has 1 unspecified atom stereocenters. The smallest absolute Gasteiger partial charge is 0.147 e. The van der Waals surface area contributed by atoms with E-state index >= 15 is 0 Å². The average molecular weight is 128 g/mol. The molecule has 0 aromatic heterocycles. The van der Waals surface area contributed by atoms with E-state index in [1.165, 1.54) is 0 Å². The van der Waals surface area contributed by atoms with Crippen LogP contribution in [0.25, 0.3) is 0 Å². The standard InChI is InChI=1S/C7H12O2/c1-2-3-7-4-5-8-6-9-7/h2-3,7H,4-6H2,1H3. The van der Waals surface area contributed by atoms with Gasteiger partial charge in [-0.15, -0.1) is 0 Å². The van der Waals surface area contributed by atoms with Crippen molar-refractivity contribution in [3.63, 3.8) is 0 Å². The highest BCUT2D eigenvalue weighted by atomic mass is 16.7. The number of rotatable bonds is 1. The Morgan fingerprint density at radius 2 is 2.44 bits per heavy atom. The van der Waals surface area contributed by atoms with Gasteiger partial charge in [-0.25, -0.2) is 0 Å². The molecule has 1 atom stereocenters. The normalized spacial score (nSPS) is 29.2. The van der Waals surface area contributed by atoms with Crippen LogP contribution in [0.2, 0.25) is 0 Å². The molecule has 52 valence electrons. The number of hydrogen-bond donors (Lipinski definition) is 0. The van der Waals surface area contributed by atoms with Crippen molar-refractivity contribution in [3.05, 3.63) is 12.2 Å². The fraction of sp³-hybridized carbons (Fsp3) is 0.714. The van der Waals surface area contributed by atoms with E-state index in [4.69, 9.17) is 9.47 Å². The molecule has 0 aromatic rings. The van der Waals surface area contributed by atoms with Crippen LogP contribution in [0.3, 0.4) is 0 Å². The number of hydrogen-bond acceptors (Lipinski definition) is 2. The van der Waals surface area contributed by atoms with Gasteiger partial charge in [0.2, 0.25) is 0 Å². The third-order valence-corrected chi connectivity index (χ3v) is 1.32. The summed E-state index contributed by atoms with van der Waals surface area (Å²) in [6.07, 6.45) is 5.35. The molecule has 0 saturated carbocycles. The van der Waals surface area contributed by atoms with Gasteiger partial charge in [0.05, 0.1) is 12.7 Å². The van der Waals surface area contributed by atoms with Gasteiger partial charge in [0.25, 0.3) is 0 Å². The quantitative estimate of drug-likeness (QED) is 0.496. The lowest BCUT2D eigenvalue weighted by atomic mass is 10.2. The molecule has 1 heterocycles. The molecule has 0 bridgehead atoms. The fourth-order valence-corrected chi connectivity index (χ4v) is 0.844. The lowest BCUT2D eigenvalue weighted by Crippen LogP contribution is -2.21. The van der Waals surface area contributed by atoms with Crippen molar-refractivity contribution < 1.29 is 9.47 Å². The van der Waals surface area contributed by atoms with Gasteiger partial charge in [0.15, 0.2) is 0 Å². The molecule has 1 aliphatic rings. The summed E-state index contributed by atoms with van der Waals surface area (Å²) in [4.78, 5) is 0. The van der Waals surface area contributed by atoms with Crippen molar-refractivity contribution in [2.75, 3.05) is 13.4 Å². The van der Waals surface area contributed by atoms with E-state index in [0.29, 0.717) is 12.9 Å². The number of allylic oxidation sites excluding steroid dienone is 1. The lowest BCUT2D eigenvalue weighted by molar-refractivity contribution is -0.123. The molecule has 1 fully saturated rings. The van der Waals surface area contributed by atoms with E-state index in [1.807, 2.05) is 13.0 Å². The summed E-state index contributed by atoms with van der Waals surface area (Å²) in [6.45, 7) is 3.28. The van der Waals surface area contributed by atoms with Gasteiger partial charge in [-0.2, -0.15) is 0 Å². The van der Waals surface area contributed by atoms with E-state index in [-0.39, 0.29) is 0 Å². The molecule has 1 rings (SSSR count). The summed E-state index contributed by atoms with van der Waals surface area (Å²) in [5, 5.41) is 0. The first kappa shape index (κ1) is 6.78. The highest BCUT2D eigenvalue weighted by Gasteiger charge is 2.08. The van der Waals surface area contributed by atoms with Gasteiger partial charge in [-0.3, -0.25) is 0 Å². The molecule has 0 amide bonds. The minimum atomic E-state index is 0.295. The average Bonchev–Trinajstić information content (AvgIpc) is 1.91. The molecular weight excluding hydrogens is 116 g/mol. The van der Waals surface area contributed by atoms with Crippen LogP contribution in [0.4, 0.5) is 0 Å². The van der Waals surface area contributed by atoms with E-state index in [2.05, 4.69) is 6.08 Å². The summed E-state index contributed by atoms with van der Waals surface area (Å²) in [5.41, 5.74) is 0. The van der Waals surface area contributed by atoms with E-state index in [1.54, 1.807) is 0 Å². The maximum Gasteiger partial charge on any atom is 0.147 e. The summed E-state index contributed by atoms with van der Waals surface area (Å²) in [7, 11) is 0. The van der Waals surface area contributed by atoms with Crippen LogP contribution in [0, 0.1) is 0 Å². The van der Waals surface area contributed by atoms with E-state index in [9.17, 15) is 0 Å². The largest absolute Gasteiger partial charge is 0.355 e. The molecule has 0 N–H and O–H groups in total. The minimum absolute atomic E-state index is 0.295. The van der Waals surface area contributed by atoms with Crippen molar-refractivity contribution in [2.24, 2.45) is 0 Å². The van der Waals surface area contributed by atoms with Crippen molar-refractivity contribution >= 4 is 0 Å². The van der Waals surface area contributed by atoms with Crippen LogP contribution in [0.5, 0.6) is 0 Å². The van der Waals surface area contributed by atoms with E-state index in [0.717, 1.165) is 13.0 Å². The molecule has 2 heteroatoms. The SMILES string of the molecule is CC=CC1CCOCO1. The first-order valence-corrected chi connectivity index (χ1v) is 3.25. The Hall–Kier alpha value is -0.340. The second kappa shape index (κ2) is 3.64. The van der Waals surface area contributed by atoms with Crippen LogP contribution in [0.15, 0.2) is 12.2 Å². The molecule has 0 aliphatic carbocycles. The molecular formula is C7H12O2. The Morgan fingerprint density at radius 3 is 3.00 bits per heavy atom. The van der Waals surface area contributed by atoms with Gasteiger partial charge in [-0.1, -0.05) is 12.2 Å². The zero-order chi connectivity index (χ0) is 6.53. The summed E-state index contributed by atoms with van der Waals surface area (Å²) in [6, 6.07) is 0. The molecule has 9 heavy (non-hydrogen) atoms. The van der Waals surface area contributed by atoms with Crippen LogP contribution in [-0.4, -0.2) is 19.5 Å². The van der Waals surface area contributed by atoms with Crippen LogP contribution >= 0.6 is 0 Å². The monoisotopic (exact) mass is 128 g/mol. The zero-order valence-corrected chi connectivity index (χ0v) is 5.67. The Bertz CT molecular complexity index is 93.1. The number of ether oxygens (including phenoxy) is 2. The Morgan fingerprint density at radius 1 is 1.56 bits per heavy atom. The first-order chi connectivity index (χ1) is 4.43. The third kappa shape index (κ3) is 2.16. The predicted molar refractivity (Wildman–Crippen MR) is 35.1 cm³/mol. The lowest BCUT2D eigenvalue weighted by Gasteiger charge is -2.19. The van der Waals surface area contributed by atoms with Crippen molar-refractivity contribution in [2.45, 2.75) is 19.4 Å². The van der Waals surface area contributed by atoms with Crippen LogP contribution < -0.4 is 0 Å². The molecule has 0 radical (unpaired) electrons. The Kier molecular flexibility index (Phi) is 2.74. The Balaban J connectivity index is 2.23. The van der Waals surface area contributed by atoms with Gasteiger partial charge < -0.3 is 9.47 Å². The van der Waals surface area contributed by atoms with Crippen molar-refractivity contribution in [3.8, 4) is 0 Å². The molecule has 2 nitrogen and oxygen atoms in total. The molecule has 0 spiro atoms. The maximum absolute atomic E-state index is 5.21. The minimum Gasteiger partial charge on any atom is -0.355 e. The second-order valence-corrected chi connectivity index (χ2v) is 2.05. The fourth-order valence-electron chi connectivity index (χ4n) is 0.844. The summed E-state index contributed by atoms with van der Waals surface area (Å²) < 4.78 is 10.2. The molecule has 0 aromatic carbocycles. The van der Waals surface area contributed by atoms with Crippen LogP contribution in [0.1, 0.15) is 13.3 Å².